The van der Waals surface area contributed by atoms with Gasteiger partial charge in [-0.25, -0.2) is 4.39 Å². The molecule has 0 spiro atoms. The molecular weight excluding hydrogens is 399 g/mol. The number of Topliss-reactive ketones (excluding diaryl/α,β-unsaturated/α-hetero) is 1. The van der Waals surface area contributed by atoms with E-state index in [9.17, 15) is 19.1 Å². The monoisotopic (exact) mass is 424 g/mol. The second-order valence-corrected chi connectivity index (χ2v) is 7.47. The summed E-state index contributed by atoms with van der Waals surface area (Å²) in [5.74, 6) is -1.58. The molecule has 1 N–H and O–H groups in total. The first-order valence-corrected chi connectivity index (χ1v) is 9.86. The Morgan fingerprint density at radius 3 is 2.39 bits per heavy atom. The van der Waals surface area contributed by atoms with E-state index in [-0.39, 0.29) is 17.9 Å². The second-order valence-electron chi connectivity index (χ2n) is 7.47. The molecule has 1 fully saturated rings. The maximum absolute atomic E-state index is 13.5. The van der Waals surface area contributed by atoms with Gasteiger partial charge in [0, 0.05) is 18.7 Å². The Bertz CT molecular complexity index is 997. The van der Waals surface area contributed by atoms with Gasteiger partial charge >= 0.3 is 0 Å². The zero-order chi connectivity index (χ0) is 22.5. The summed E-state index contributed by atoms with van der Waals surface area (Å²) in [6, 6.07) is 11.3. The average Bonchev–Trinajstić information content (AvgIpc) is 3.01. The van der Waals surface area contributed by atoms with Crippen LogP contribution in [0.5, 0.6) is 5.75 Å². The van der Waals surface area contributed by atoms with E-state index >= 15 is 0 Å². The van der Waals surface area contributed by atoms with Gasteiger partial charge in [-0.3, -0.25) is 9.59 Å². The van der Waals surface area contributed by atoms with Crippen LogP contribution >= 0.6 is 0 Å². The van der Waals surface area contributed by atoms with Crippen LogP contribution in [0, 0.1) is 5.82 Å². The largest absolute Gasteiger partial charge is 0.507 e. The van der Waals surface area contributed by atoms with E-state index in [1.165, 1.54) is 29.2 Å². The molecule has 0 saturated carbocycles. The Morgan fingerprint density at radius 1 is 1.16 bits per heavy atom. The van der Waals surface area contributed by atoms with Crippen LogP contribution in [0.15, 0.2) is 66.8 Å². The van der Waals surface area contributed by atoms with Gasteiger partial charge in [0.15, 0.2) is 0 Å². The molecule has 2 aromatic rings. The Balaban J connectivity index is 2.05. The molecule has 0 bridgehead atoms. The number of nitrogens with zero attached hydrogens (tertiary/aromatic N) is 2. The van der Waals surface area contributed by atoms with Crippen molar-refractivity contribution in [2.24, 2.45) is 0 Å². The van der Waals surface area contributed by atoms with E-state index in [0.717, 1.165) is 0 Å². The number of aliphatic hydroxyl groups is 1. The minimum atomic E-state index is -0.808. The first kappa shape index (κ1) is 22.2. The van der Waals surface area contributed by atoms with Crippen LogP contribution < -0.4 is 4.74 Å². The van der Waals surface area contributed by atoms with Gasteiger partial charge in [-0.2, -0.15) is 0 Å². The number of benzene rings is 2. The lowest BCUT2D eigenvalue weighted by Gasteiger charge is -2.26. The smallest absolute Gasteiger partial charge is 0.295 e. The molecule has 1 aliphatic rings. The van der Waals surface area contributed by atoms with Crippen LogP contribution in [-0.2, 0) is 9.59 Å². The van der Waals surface area contributed by atoms with Gasteiger partial charge in [0.1, 0.15) is 23.9 Å². The van der Waals surface area contributed by atoms with Gasteiger partial charge in [0.2, 0.25) is 0 Å². The summed E-state index contributed by atoms with van der Waals surface area (Å²) in [6.07, 6.45) is 1.62. The van der Waals surface area contributed by atoms with Gasteiger partial charge in [0.05, 0.1) is 11.6 Å². The van der Waals surface area contributed by atoms with Crippen molar-refractivity contribution in [3.05, 3.63) is 83.7 Å². The number of amides is 1. The molecule has 1 heterocycles. The molecule has 1 amide bonds. The normalized spacial score (nSPS) is 17.9. The molecule has 0 aliphatic carbocycles. The first-order chi connectivity index (χ1) is 14.8. The van der Waals surface area contributed by atoms with Crippen LogP contribution in [0.3, 0.4) is 0 Å². The molecule has 7 heteroatoms. The Morgan fingerprint density at radius 2 is 1.81 bits per heavy atom. The van der Waals surface area contributed by atoms with Crippen LogP contribution in [0.4, 0.5) is 4.39 Å². The summed E-state index contributed by atoms with van der Waals surface area (Å²) >= 11 is 0. The number of hydrogen-bond acceptors (Lipinski definition) is 5. The lowest BCUT2D eigenvalue weighted by Crippen LogP contribution is -2.35. The number of likely N-dealkylation sites (N-methyl/N-ethyl adjacent to an activating group) is 1. The Hall–Kier alpha value is -3.45. The summed E-state index contributed by atoms with van der Waals surface area (Å²) in [7, 11) is 3.72. The maximum Gasteiger partial charge on any atom is 0.295 e. The number of aliphatic hydroxyl groups excluding tert-OH is 1. The summed E-state index contributed by atoms with van der Waals surface area (Å²) < 4.78 is 18.9. The third-order valence-corrected chi connectivity index (χ3v) is 5.01. The van der Waals surface area contributed by atoms with Crippen molar-refractivity contribution in [2.45, 2.75) is 6.04 Å². The van der Waals surface area contributed by atoms with E-state index in [1.54, 1.807) is 30.3 Å². The van der Waals surface area contributed by atoms with Crippen LogP contribution in [0.25, 0.3) is 5.76 Å². The number of carbonyl (C=O) groups is 2. The number of halogens is 1. The summed E-state index contributed by atoms with van der Waals surface area (Å²) in [4.78, 5) is 29.0. The number of likely N-dealkylation sites (tertiary alicyclic amines) is 1. The highest BCUT2D eigenvalue weighted by Gasteiger charge is 2.45. The van der Waals surface area contributed by atoms with Gasteiger partial charge < -0.3 is 19.6 Å². The molecular formula is C24H25FN2O4. The van der Waals surface area contributed by atoms with Crippen molar-refractivity contribution < 1.29 is 23.8 Å². The predicted octanol–water partition coefficient (Wildman–Crippen LogP) is 3.37. The quantitative estimate of drug-likeness (QED) is 0.305. The number of hydrogen-bond donors (Lipinski definition) is 1. The van der Waals surface area contributed by atoms with Crippen LogP contribution in [-0.4, -0.2) is 60.4 Å². The Labute approximate surface area is 180 Å². The molecule has 0 radical (unpaired) electrons. The zero-order valence-electron chi connectivity index (χ0n) is 17.5. The first-order valence-electron chi connectivity index (χ1n) is 9.86. The predicted molar refractivity (Wildman–Crippen MR) is 116 cm³/mol. The molecule has 3 rings (SSSR count). The molecule has 1 unspecified atom stereocenters. The van der Waals surface area contributed by atoms with E-state index in [1.807, 2.05) is 19.0 Å². The van der Waals surface area contributed by atoms with Crippen molar-refractivity contribution in [1.29, 1.82) is 0 Å². The van der Waals surface area contributed by atoms with Crippen molar-refractivity contribution in [2.75, 3.05) is 33.8 Å². The fourth-order valence-electron chi connectivity index (χ4n) is 3.43. The maximum atomic E-state index is 13.5. The van der Waals surface area contributed by atoms with E-state index < -0.39 is 23.5 Å². The lowest BCUT2D eigenvalue weighted by atomic mass is 9.95. The molecule has 1 aliphatic heterocycles. The SMILES string of the molecule is C=CCOc1ccc(/C(O)=C2/C(=O)C(=O)N(CCN(C)C)C2c2ccc(F)cc2)cc1. The highest BCUT2D eigenvalue weighted by Crippen LogP contribution is 2.39. The van der Waals surface area contributed by atoms with Crippen molar-refractivity contribution in [3.8, 4) is 5.75 Å². The standard InChI is InChI=1S/C24H25FN2O4/c1-4-15-31-19-11-7-17(8-12-19)22(28)20-21(16-5-9-18(25)10-6-16)27(14-13-26(2)3)24(30)23(20)29/h4-12,21,28H,1,13-15H2,2-3H3/b22-20-. The van der Waals surface area contributed by atoms with Crippen LogP contribution in [0.1, 0.15) is 17.2 Å². The van der Waals surface area contributed by atoms with E-state index in [2.05, 4.69) is 6.58 Å². The van der Waals surface area contributed by atoms with Gasteiger partial charge in [-0.05, 0) is 56.1 Å². The van der Waals surface area contributed by atoms with Crippen molar-refractivity contribution in [1.82, 2.24) is 9.80 Å². The highest BCUT2D eigenvalue weighted by atomic mass is 19.1. The third kappa shape index (κ3) is 4.83. The summed E-state index contributed by atoms with van der Waals surface area (Å²) in [6.45, 7) is 4.74. The fourth-order valence-corrected chi connectivity index (χ4v) is 3.43. The summed E-state index contributed by atoms with van der Waals surface area (Å²) in [5, 5.41) is 11.0. The molecule has 0 aromatic heterocycles. The number of ether oxygens (including phenoxy) is 1. The van der Waals surface area contributed by atoms with Crippen molar-refractivity contribution in [3.63, 3.8) is 0 Å². The van der Waals surface area contributed by atoms with E-state index in [0.29, 0.717) is 30.0 Å². The zero-order valence-corrected chi connectivity index (χ0v) is 17.5. The van der Waals surface area contributed by atoms with E-state index in [4.69, 9.17) is 4.74 Å². The van der Waals surface area contributed by atoms with Gasteiger partial charge in [-0.1, -0.05) is 24.8 Å². The van der Waals surface area contributed by atoms with Crippen LogP contribution in [0.2, 0.25) is 0 Å². The highest BCUT2D eigenvalue weighted by molar-refractivity contribution is 6.46. The molecule has 1 saturated heterocycles. The fraction of sp³-hybridized carbons (Fsp3) is 0.250. The number of ketones is 1. The molecule has 1 atom stereocenters. The molecule has 31 heavy (non-hydrogen) atoms. The van der Waals surface area contributed by atoms with Crippen molar-refractivity contribution >= 4 is 17.4 Å². The minimum absolute atomic E-state index is 0.0184. The summed E-state index contributed by atoms with van der Waals surface area (Å²) in [5.41, 5.74) is 0.908. The topological polar surface area (TPSA) is 70.1 Å². The second kappa shape index (κ2) is 9.57. The third-order valence-electron chi connectivity index (χ3n) is 5.01. The molecule has 6 nitrogen and oxygen atoms in total. The van der Waals surface area contributed by atoms with Gasteiger partial charge in [0.25, 0.3) is 11.7 Å². The van der Waals surface area contributed by atoms with Gasteiger partial charge in [-0.15, -0.1) is 0 Å². The number of carbonyl (C=O) groups excluding carboxylic acids is 2. The minimum Gasteiger partial charge on any atom is -0.507 e. The average molecular weight is 424 g/mol. The molecule has 2 aromatic carbocycles. The number of rotatable bonds is 8. The molecule has 162 valence electrons. The Kier molecular flexibility index (Phi) is 6.87. The lowest BCUT2D eigenvalue weighted by molar-refractivity contribution is -0.140.